The van der Waals surface area contributed by atoms with Gasteiger partial charge in [0.15, 0.2) is 3.72 Å². The van der Waals surface area contributed by atoms with Gasteiger partial charge in [0.05, 0.1) is 11.4 Å². The number of hydrogen-bond donors (Lipinski definition) is 2. The Morgan fingerprint density at radius 1 is 1.03 bits per heavy atom. The van der Waals surface area contributed by atoms with Gasteiger partial charge in [-0.1, -0.05) is 42.5 Å². The average molecular weight is 659 g/mol. The first-order valence-corrected chi connectivity index (χ1v) is 12.8. The predicted octanol–water partition coefficient (Wildman–Crippen LogP) is 3.21. The maximum atomic E-state index is 14.2. The largest absolute Gasteiger partial charge is 0.432 e. The minimum absolute atomic E-state index is 0.0540. The molecule has 11 nitrogen and oxygen atoms in total. The summed E-state index contributed by atoms with van der Waals surface area (Å²) in [6.45, 7) is 3.64. The quantitative estimate of drug-likeness (QED) is 0.360. The Morgan fingerprint density at radius 3 is 2.26 bits per heavy atom. The van der Waals surface area contributed by atoms with E-state index in [0.29, 0.717) is 31.9 Å². The van der Waals surface area contributed by atoms with Gasteiger partial charge in [-0.2, -0.15) is 23.7 Å². The summed E-state index contributed by atoms with van der Waals surface area (Å²) in [6, 6.07) is 14.0. The van der Waals surface area contributed by atoms with Crippen LogP contribution in [-0.4, -0.2) is 71.2 Å². The minimum Gasteiger partial charge on any atom is -0.400 e. The molecule has 0 aliphatic carbocycles. The first-order valence-electron chi connectivity index (χ1n) is 11.7. The number of hydrazine groups is 2. The monoisotopic (exact) mass is 659 g/mol. The molecule has 2 N–H and O–H groups in total. The van der Waals surface area contributed by atoms with Gasteiger partial charge in [-0.25, -0.2) is 4.79 Å². The van der Waals surface area contributed by atoms with Crippen LogP contribution in [0.3, 0.4) is 0 Å². The van der Waals surface area contributed by atoms with Gasteiger partial charge in [0.2, 0.25) is 5.91 Å². The second-order valence-corrected chi connectivity index (χ2v) is 9.50. The van der Waals surface area contributed by atoms with Gasteiger partial charge in [0.1, 0.15) is 0 Å². The zero-order chi connectivity index (χ0) is 28.2. The van der Waals surface area contributed by atoms with Crippen molar-refractivity contribution in [2.24, 2.45) is 10.2 Å². The number of amides is 1. The van der Waals surface area contributed by atoms with Gasteiger partial charge in [-0.15, -0.1) is 15.4 Å². The number of ether oxygens (including phenoxy) is 2. The second kappa shape index (κ2) is 11.7. The van der Waals surface area contributed by atoms with E-state index in [9.17, 15) is 22.8 Å². The standard InChI is InChI=1S/C24H25F3IN7O4/c1-16(36)29-18-10-6-7-11-19(18)33-12-14-34(15-13-33)35-31-20(28)21(30-32-35)39-22(37)23(38-2,24(25,26)27)17-8-4-3-5-9-17/h3-11,32H,12-15H2,1-2H3,(H,29,36). The van der Waals surface area contributed by atoms with Crippen molar-refractivity contribution in [3.05, 3.63) is 60.2 Å². The summed E-state index contributed by atoms with van der Waals surface area (Å²) in [5.74, 6) is -2.30. The lowest BCUT2D eigenvalue weighted by atomic mass is 9.93. The van der Waals surface area contributed by atoms with Gasteiger partial charge in [0.25, 0.3) is 11.5 Å². The Balaban J connectivity index is 1.42. The molecule has 0 spiro atoms. The van der Waals surface area contributed by atoms with Crippen LogP contribution >= 0.6 is 22.6 Å². The molecule has 0 radical (unpaired) electrons. The number of halogens is 4. The molecular weight excluding hydrogens is 634 g/mol. The predicted molar refractivity (Wildman–Crippen MR) is 146 cm³/mol. The van der Waals surface area contributed by atoms with Crippen LogP contribution in [0.4, 0.5) is 24.5 Å². The van der Waals surface area contributed by atoms with Gasteiger partial charge in [-0.3, -0.25) is 4.79 Å². The van der Waals surface area contributed by atoms with Gasteiger partial charge in [0, 0.05) is 45.8 Å². The first kappa shape index (κ1) is 28.6. The van der Waals surface area contributed by atoms with Gasteiger partial charge < -0.3 is 19.7 Å². The maximum absolute atomic E-state index is 14.2. The molecule has 0 saturated carbocycles. The normalized spacial score (nSPS) is 17.9. The smallest absolute Gasteiger partial charge is 0.400 e. The fourth-order valence-corrected chi connectivity index (χ4v) is 4.63. The number of piperazine rings is 1. The maximum Gasteiger partial charge on any atom is 0.432 e. The van der Waals surface area contributed by atoms with Crippen molar-refractivity contribution in [3.63, 3.8) is 0 Å². The van der Waals surface area contributed by atoms with E-state index in [4.69, 9.17) is 9.47 Å². The third kappa shape index (κ3) is 5.94. The van der Waals surface area contributed by atoms with E-state index < -0.39 is 29.2 Å². The lowest BCUT2D eigenvalue weighted by Crippen LogP contribution is -2.57. The number of rotatable bonds is 6. The van der Waals surface area contributed by atoms with Crippen LogP contribution in [0.1, 0.15) is 12.5 Å². The van der Waals surface area contributed by atoms with E-state index in [-0.39, 0.29) is 9.63 Å². The number of alkyl halides is 3. The van der Waals surface area contributed by atoms with Crippen molar-refractivity contribution in [1.29, 1.82) is 0 Å². The van der Waals surface area contributed by atoms with Crippen molar-refractivity contribution in [3.8, 4) is 0 Å². The number of benzene rings is 2. The van der Waals surface area contributed by atoms with E-state index in [0.717, 1.165) is 24.9 Å². The Bertz CT molecular complexity index is 1270. The van der Waals surface area contributed by atoms with Crippen LogP contribution in [-0.2, 0) is 24.7 Å². The van der Waals surface area contributed by atoms with Crippen LogP contribution in [0.2, 0.25) is 0 Å². The number of carbonyl (C=O) groups is 2. The number of anilines is 2. The second-order valence-electron chi connectivity index (χ2n) is 8.47. The Kier molecular flexibility index (Phi) is 8.60. The molecule has 0 aromatic heterocycles. The summed E-state index contributed by atoms with van der Waals surface area (Å²) in [7, 11) is 0.789. The highest BCUT2D eigenvalue weighted by Gasteiger charge is 2.64. The van der Waals surface area contributed by atoms with Crippen LogP contribution < -0.4 is 15.8 Å². The summed E-state index contributed by atoms with van der Waals surface area (Å²) in [5, 5.41) is 14.2. The molecule has 2 aromatic carbocycles. The highest BCUT2D eigenvalue weighted by atomic mass is 127. The summed E-state index contributed by atoms with van der Waals surface area (Å²) in [5.41, 5.74) is 0.404. The Hall–Kier alpha value is -3.44. The first-order chi connectivity index (χ1) is 18.6. The zero-order valence-electron chi connectivity index (χ0n) is 20.9. The highest BCUT2D eigenvalue weighted by Crippen LogP contribution is 2.43. The SMILES string of the molecule is COC(C(=O)OC1=NNN(N2CCN(c3ccccc3NC(C)=O)CC2)N=C1I)(c1ccccc1)C(F)(F)F. The van der Waals surface area contributed by atoms with E-state index >= 15 is 0 Å². The zero-order valence-corrected chi connectivity index (χ0v) is 23.1. The summed E-state index contributed by atoms with van der Waals surface area (Å²) in [6.07, 6.45) is -5.12. The fourth-order valence-electron chi connectivity index (χ4n) is 4.19. The fraction of sp³-hybridized carbons (Fsp3) is 0.333. The van der Waals surface area contributed by atoms with Crippen molar-refractivity contribution >= 4 is 55.5 Å². The topological polar surface area (TPSA) is 111 Å². The molecule has 2 heterocycles. The van der Waals surface area contributed by atoms with Crippen molar-refractivity contribution in [2.75, 3.05) is 43.5 Å². The molecule has 39 heavy (non-hydrogen) atoms. The van der Waals surface area contributed by atoms with Gasteiger partial charge >= 0.3 is 12.1 Å². The number of nitrogens with one attached hydrogen (secondary N) is 2. The molecule has 208 valence electrons. The number of para-hydroxylation sites is 2. The lowest BCUT2D eigenvalue weighted by Gasteiger charge is -2.40. The Labute approximate surface area is 235 Å². The van der Waals surface area contributed by atoms with E-state index in [1.165, 1.54) is 30.3 Å². The van der Waals surface area contributed by atoms with E-state index in [1.54, 1.807) is 22.6 Å². The number of nitrogens with zero attached hydrogens (tertiary/aromatic N) is 5. The summed E-state index contributed by atoms with van der Waals surface area (Å²) in [4.78, 5) is 26.6. The Morgan fingerprint density at radius 2 is 1.67 bits per heavy atom. The van der Waals surface area contributed by atoms with Crippen molar-refractivity contribution < 1.29 is 32.2 Å². The molecule has 1 amide bonds. The number of methoxy groups -OCH3 is 1. The average Bonchev–Trinajstić information content (AvgIpc) is 2.90. The van der Waals surface area contributed by atoms with E-state index in [2.05, 4.69) is 26.0 Å². The molecule has 1 saturated heterocycles. The summed E-state index contributed by atoms with van der Waals surface area (Å²) >= 11 is 1.73. The lowest BCUT2D eigenvalue weighted by molar-refractivity contribution is -0.273. The van der Waals surface area contributed by atoms with Crippen molar-refractivity contribution in [2.45, 2.75) is 18.7 Å². The molecule has 1 unspecified atom stereocenters. The molecule has 2 aromatic rings. The van der Waals surface area contributed by atoms with Gasteiger partial charge in [-0.05, 0) is 34.7 Å². The number of hydrazone groups is 2. The molecule has 2 aliphatic heterocycles. The highest BCUT2D eigenvalue weighted by molar-refractivity contribution is 14.1. The number of carbonyl (C=O) groups excluding carboxylic acids is 2. The summed E-state index contributed by atoms with van der Waals surface area (Å²) < 4.78 is 52.4. The molecule has 1 atom stereocenters. The number of hydrogen-bond acceptors (Lipinski definition) is 10. The van der Waals surface area contributed by atoms with Crippen LogP contribution in [0.25, 0.3) is 0 Å². The van der Waals surface area contributed by atoms with Crippen LogP contribution in [0.5, 0.6) is 0 Å². The molecule has 4 rings (SSSR count). The minimum atomic E-state index is -5.12. The third-order valence-electron chi connectivity index (χ3n) is 6.04. The molecule has 0 bridgehead atoms. The van der Waals surface area contributed by atoms with Crippen LogP contribution in [0.15, 0.2) is 64.8 Å². The van der Waals surface area contributed by atoms with Crippen LogP contribution in [0, 0.1) is 0 Å². The molecule has 15 heteroatoms. The van der Waals surface area contributed by atoms with E-state index in [1.807, 2.05) is 29.3 Å². The molecule has 1 fully saturated rings. The van der Waals surface area contributed by atoms with Crippen molar-refractivity contribution in [1.82, 2.24) is 15.8 Å². The molecule has 2 aliphatic rings. The third-order valence-corrected chi connectivity index (χ3v) is 6.72. The molecular formula is C24H25F3IN7O4. The number of esters is 1.